The van der Waals surface area contributed by atoms with Gasteiger partial charge < -0.3 is 0 Å². The highest BCUT2D eigenvalue weighted by Crippen LogP contribution is 2.26. The summed E-state index contributed by atoms with van der Waals surface area (Å²) in [7, 11) is 1.84. The van der Waals surface area contributed by atoms with E-state index in [9.17, 15) is 4.79 Å². The summed E-state index contributed by atoms with van der Waals surface area (Å²) in [6.07, 6.45) is 0. The van der Waals surface area contributed by atoms with Crippen LogP contribution in [-0.2, 0) is 7.05 Å². The molecule has 2 aromatic carbocycles. The van der Waals surface area contributed by atoms with Gasteiger partial charge in [-0.1, -0.05) is 36.4 Å². The van der Waals surface area contributed by atoms with Crippen LogP contribution in [0, 0.1) is 6.92 Å². The van der Waals surface area contributed by atoms with E-state index in [1.54, 1.807) is 8.97 Å². The molecular weight excluding hydrogens is 248 g/mol. The van der Waals surface area contributed by atoms with Gasteiger partial charge in [-0.2, -0.15) is 0 Å². The van der Waals surface area contributed by atoms with Crippen molar-refractivity contribution in [2.45, 2.75) is 6.92 Å². The van der Waals surface area contributed by atoms with Gasteiger partial charge in [-0.3, -0.25) is 8.97 Å². The fourth-order valence-corrected chi connectivity index (χ4v) is 3.12. The van der Waals surface area contributed by atoms with Crippen LogP contribution in [0.5, 0.6) is 0 Å². The lowest BCUT2D eigenvalue weighted by atomic mass is 10.1. The molecule has 0 atom stereocenters. The van der Waals surface area contributed by atoms with E-state index in [-0.39, 0.29) is 5.69 Å². The minimum absolute atomic E-state index is 0.00278. The van der Waals surface area contributed by atoms with Crippen LogP contribution in [0.1, 0.15) is 5.56 Å². The van der Waals surface area contributed by atoms with Crippen molar-refractivity contribution in [3.8, 4) is 0 Å². The summed E-state index contributed by atoms with van der Waals surface area (Å²) in [5.41, 5.74) is 4.07. The Morgan fingerprint density at radius 3 is 2.60 bits per heavy atom. The van der Waals surface area contributed by atoms with Crippen LogP contribution in [0.15, 0.2) is 53.3 Å². The summed E-state index contributed by atoms with van der Waals surface area (Å²) in [5, 5.41) is 2.21. The lowest BCUT2D eigenvalue weighted by Crippen LogP contribution is -2.24. The van der Waals surface area contributed by atoms with Crippen LogP contribution >= 0.6 is 0 Å². The fraction of sp³-hybridized carbons (Fsp3) is 0.118. The Balaban J connectivity index is 2.45. The third kappa shape index (κ3) is 1.27. The Hall–Kier alpha value is -2.55. The van der Waals surface area contributed by atoms with E-state index in [0.29, 0.717) is 0 Å². The first kappa shape index (κ1) is 11.3. The molecule has 0 aliphatic heterocycles. The second kappa shape index (κ2) is 3.73. The molecule has 2 aromatic heterocycles. The molecule has 3 nitrogen and oxygen atoms in total. The van der Waals surface area contributed by atoms with Crippen molar-refractivity contribution < 1.29 is 0 Å². The maximum Gasteiger partial charge on any atom is 0.333 e. The van der Waals surface area contributed by atoms with E-state index >= 15 is 0 Å². The Morgan fingerprint density at radius 1 is 0.950 bits per heavy atom. The highest BCUT2D eigenvalue weighted by Gasteiger charge is 2.12. The van der Waals surface area contributed by atoms with E-state index in [1.165, 1.54) is 0 Å². The first-order chi connectivity index (χ1) is 9.68. The van der Waals surface area contributed by atoms with Crippen molar-refractivity contribution in [3.05, 3.63) is 64.6 Å². The van der Waals surface area contributed by atoms with Gasteiger partial charge in [-0.05, 0) is 24.6 Å². The van der Waals surface area contributed by atoms with Crippen LogP contribution in [0.25, 0.3) is 27.3 Å². The summed E-state index contributed by atoms with van der Waals surface area (Å²) in [6.45, 7) is 2.04. The first-order valence-electron chi connectivity index (χ1n) is 6.67. The first-order valence-corrected chi connectivity index (χ1v) is 6.67. The van der Waals surface area contributed by atoms with Crippen LogP contribution in [0.4, 0.5) is 0 Å². The molecule has 3 heteroatoms. The largest absolute Gasteiger partial charge is 0.333 e. The number of rotatable bonds is 0. The standard InChI is InChI=1S/C17H14N2O/c1-11-6-5-8-13-15-10-12-7-3-4-9-14(12)19(15)17(20)18(2)16(11)13/h3-10H,1-2H3. The van der Waals surface area contributed by atoms with Crippen LogP contribution < -0.4 is 5.69 Å². The number of hydrogen-bond donors (Lipinski definition) is 0. The molecule has 2 heterocycles. The number of aromatic nitrogens is 2. The topological polar surface area (TPSA) is 26.4 Å². The van der Waals surface area contributed by atoms with Crippen LogP contribution in [0.3, 0.4) is 0 Å². The highest BCUT2D eigenvalue weighted by atomic mass is 16.1. The second-order valence-electron chi connectivity index (χ2n) is 5.24. The Bertz CT molecular complexity index is 1040. The average molecular weight is 262 g/mol. The van der Waals surface area contributed by atoms with E-state index < -0.39 is 0 Å². The van der Waals surface area contributed by atoms with Gasteiger partial charge in [-0.15, -0.1) is 0 Å². The molecule has 0 amide bonds. The third-order valence-corrected chi connectivity index (χ3v) is 4.04. The summed E-state index contributed by atoms with van der Waals surface area (Å²) in [5.74, 6) is 0. The van der Waals surface area contributed by atoms with E-state index in [1.807, 2.05) is 50.4 Å². The van der Waals surface area contributed by atoms with E-state index in [0.717, 1.165) is 32.9 Å². The molecule has 0 fully saturated rings. The molecule has 0 unspecified atom stereocenters. The van der Waals surface area contributed by atoms with Gasteiger partial charge in [0.2, 0.25) is 0 Å². The maximum absolute atomic E-state index is 12.7. The zero-order chi connectivity index (χ0) is 13.9. The Kier molecular flexibility index (Phi) is 2.11. The molecule has 98 valence electrons. The van der Waals surface area contributed by atoms with Crippen molar-refractivity contribution in [2.24, 2.45) is 7.05 Å². The number of hydrogen-bond acceptors (Lipinski definition) is 1. The summed E-state index contributed by atoms with van der Waals surface area (Å²) >= 11 is 0. The predicted molar refractivity (Wildman–Crippen MR) is 82.4 cm³/mol. The van der Waals surface area contributed by atoms with Crippen molar-refractivity contribution in [2.75, 3.05) is 0 Å². The summed E-state index contributed by atoms with van der Waals surface area (Å²) in [6, 6.07) is 16.3. The Labute approximate surface area is 115 Å². The van der Waals surface area contributed by atoms with Crippen LogP contribution in [0.2, 0.25) is 0 Å². The minimum Gasteiger partial charge on any atom is -0.296 e. The zero-order valence-electron chi connectivity index (χ0n) is 11.4. The van der Waals surface area contributed by atoms with Crippen molar-refractivity contribution >= 4 is 27.3 Å². The number of para-hydroxylation sites is 2. The molecule has 0 saturated heterocycles. The molecule has 4 rings (SSSR count). The van der Waals surface area contributed by atoms with Gasteiger partial charge in [0.25, 0.3) is 0 Å². The molecule has 0 aliphatic rings. The highest BCUT2D eigenvalue weighted by molar-refractivity contribution is 6.01. The predicted octanol–water partition coefficient (Wildman–Crippen LogP) is 3.25. The minimum atomic E-state index is 0.00278. The molecule has 0 saturated carbocycles. The molecule has 0 radical (unpaired) electrons. The molecule has 0 aliphatic carbocycles. The third-order valence-electron chi connectivity index (χ3n) is 4.04. The van der Waals surface area contributed by atoms with E-state index in [4.69, 9.17) is 0 Å². The number of nitrogens with zero attached hydrogens (tertiary/aromatic N) is 2. The SMILES string of the molecule is Cc1cccc2c1n(C)c(=O)n1c3ccccc3cc21. The van der Waals surface area contributed by atoms with Crippen molar-refractivity contribution in [3.63, 3.8) is 0 Å². The second-order valence-corrected chi connectivity index (χ2v) is 5.24. The van der Waals surface area contributed by atoms with Gasteiger partial charge in [0.1, 0.15) is 0 Å². The monoisotopic (exact) mass is 262 g/mol. The fourth-order valence-electron chi connectivity index (χ4n) is 3.12. The average Bonchev–Trinajstić information content (AvgIpc) is 2.84. The quantitative estimate of drug-likeness (QED) is 0.478. The molecule has 0 N–H and O–H groups in total. The van der Waals surface area contributed by atoms with Crippen LogP contribution in [-0.4, -0.2) is 8.97 Å². The normalized spacial score (nSPS) is 11.7. The molecule has 4 aromatic rings. The van der Waals surface area contributed by atoms with Gasteiger partial charge >= 0.3 is 5.69 Å². The summed E-state index contributed by atoms with van der Waals surface area (Å²) < 4.78 is 3.54. The molecule has 0 bridgehead atoms. The summed E-state index contributed by atoms with van der Waals surface area (Å²) in [4.78, 5) is 12.7. The molecule has 0 spiro atoms. The lowest BCUT2D eigenvalue weighted by molar-refractivity contribution is 0.835. The lowest BCUT2D eigenvalue weighted by Gasteiger charge is -2.10. The molecular formula is C17H14N2O. The van der Waals surface area contributed by atoms with Gasteiger partial charge in [0.15, 0.2) is 0 Å². The number of benzene rings is 2. The number of aryl methyl sites for hydroxylation is 2. The van der Waals surface area contributed by atoms with E-state index in [2.05, 4.69) is 12.1 Å². The van der Waals surface area contributed by atoms with Gasteiger partial charge in [0.05, 0.1) is 16.6 Å². The molecule has 20 heavy (non-hydrogen) atoms. The van der Waals surface area contributed by atoms with Gasteiger partial charge in [0, 0.05) is 17.8 Å². The van der Waals surface area contributed by atoms with Gasteiger partial charge in [-0.25, -0.2) is 4.79 Å². The van der Waals surface area contributed by atoms with Crippen molar-refractivity contribution in [1.29, 1.82) is 0 Å². The zero-order valence-corrected chi connectivity index (χ0v) is 11.4. The smallest absolute Gasteiger partial charge is 0.296 e. The Morgan fingerprint density at radius 2 is 1.75 bits per heavy atom. The number of fused-ring (bicyclic) bond motifs is 5. The van der Waals surface area contributed by atoms with Crippen molar-refractivity contribution in [1.82, 2.24) is 8.97 Å². The maximum atomic E-state index is 12.7.